The van der Waals surface area contributed by atoms with Crippen LogP contribution in [0.2, 0.25) is 0 Å². The van der Waals surface area contributed by atoms with E-state index in [0.29, 0.717) is 0 Å². The highest BCUT2D eigenvalue weighted by Gasteiger charge is 2.28. The van der Waals surface area contributed by atoms with Gasteiger partial charge in [0, 0.05) is 0 Å². The summed E-state index contributed by atoms with van der Waals surface area (Å²) in [6.07, 6.45) is 0. The average Bonchev–Trinajstić information content (AvgIpc) is 1.85. The van der Waals surface area contributed by atoms with E-state index in [-0.39, 0.29) is 0 Å². The van der Waals surface area contributed by atoms with E-state index >= 15 is 0 Å². The predicted octanol–water partition coefficient (Wildman–Crippen LogP) is -1.74. The molecule has 0 amide bonds. The molecule has 0 aromatic rings. The number of aliphatic carboxylic acids is 1. The van der Waals surface area contributed by atoms with Crippen LogP contribution >= 0.6 is 0 Å². The van der Waals surface area contributed by atoms with Crippen LogP contribution in [-0.2, 0) is 26.2 Å². The summed E-state index contributed by atoms with van der Waals surface area (Å²) in [4.78, 5) is 10.2. The van der Waals surface area contributed by atoms with Crippen molar-refractivity contribution < 1.29 is 26.7 Å². The molecule has 0 heterocycles. The maximum atomic E-state index is 10.3. The first-order chi connectivity index (χ1) is 5.37. The maximum absolute atomic E-state index is 10.3. The summed E-state index contributed by atoms with van der Waals surface area (Å²) in [5.41, 5.74) is 0. The topological polar surface area (TPSA) is 106 Å². The lowest BCUT2D eigenvalue weighted by atomic mass is 10.2. The Hall–Kier alpha value is -0.630. The fraction of sp³-hybridized carbons (Fsp3) is 0.750. The number of carbonyl (C=O) groups is 1. The molecule has 0 aromatic heterocycles. The van der Waals surface area contributed by atoms with Crippen LogP contribution in [0.4, 0.5) is 0 Å². The van der Waals surface area contributed by atoms with Gasteiger partial charge in [-0.2, -0.15) is 0 Å². The summed E-state index contributed by atoms with van der Waals surface area (Å²) in [7, 11) is -6.50. The molecule has 0 aliphatic heterocycles. The van der Waals surface area contributed by atoms with Crippen LogP contribution in [0.25, 0.3) is 0 Å². The molecule has 1 atom stereocenters. The Balaban J connectivity index is 4.88. The van der Waals surface area contributed by atoms with Gasteiger partial charge >= 0.3 is 5.97 Å². The molecule has 0 rings (SSSR count). The monoisotopic (exact) mass is 216 g/mol. The molecule has 0 aromatic carbocycles. The first-order valence-electron chi connectivity index (χ1n) is 2.87. The van der Waals surface area contributed by atoms with Gasteiger partial charge in [0.1, 0.15) is 0 Å². The lowest BCUT2D eigenvalue weighted by molar-refractivity contribution is -0.140. The maximum Gasteiger partial charge on any atom is 0.308 e. The zero-order valence-electron chi connectivity index (χ0n) is 6.04. The first-order valence-corrected chi connectivity index (χ1v) is 5.37. The third-order valence-corrected chi connectivity index (χ3v) is 4.16. The van der Waals surface area contributed by atoms with E-state index in [0.717, 1.165) is 6.92 Å². The number of hydrogen-bond acceptors (Lipinski definition) is 5. The average molecular weight is 216 g/mol. The molecule has 0 aliphatic rings. The van der Waals surface area contributed by atoms with Crippen LogP contribution in [0.15, 0.2) is 0 Å². The Morgan fingerprint density at radius 1 is 1.17 bits per heavy atom. The van der Waals surface area contributed by atoms with E-state index < -0.39 is 37.9 Å². The molecule has 0 saturated heterocycles. The molecule has 1 unspecified atom stereocenters. The molecular formula is C4H8O6S2. The first kappa shape index (κ1) is 11.4. The van der Waals surface area contributed by atoms with Crippen LogP contribution < -0.4 is 0 Å². The summed E-state index contributed by atoms with van der Waals surface area (Å²) < 4.78 is 39.3. The van der Waals surface area contributed by atoms with Gasteiger partial charge in [-0.3, -0.25) is 4.79 Å². The van der Waals surface area contributed by atoms with E-state index in [9.17, 15) is 21.6 Å². The van der Waals surface area contributed by atoms with Crippen LogP contribution in [-0.4, -0.2) is 32.5 Å². The normalized spacial score (nSPS) is 14.0. The van der Waals surface area contributed by atoms with Gasteiger partial charge in [-0.05, 0) is 6.92 Å². The molecule has 6 nitrogen and oxygen atoms in total. The summed E-state index contributed by atoms with van der Waals surface area (Å²) in [6, 6.07) is 0. The highest BCUT2D eigenvalue weighted by Crippen LogP contribution is 2.07. The van der Waals surface area contributed by atoms with Gasteiger partial charge in [-0.1, -0.05) is 0 Å². The summed E-state index contributed by atoms with van der Waals surface area (Å²) in [5.74, 6) is -2.87. The Labute approximate surface area is 72.1 Å². The number of carboxylic acid groups (broad SMARTS) is 1. The summed E-state index contributed by atoms with van der Waals surface area (Å²) >= 11 is 0. The van der Waals surface area contributed by atoms with Crippen molar-refractivity contribution in [2.75, 3.05) is 0 Å². The van der Waals surface area contributed by atoms with E-state index in [1.165, 1.54) is 0 Å². The van der Waals surface area contributed by atoms with Gasteiger partial charge in [0.2, 0.25) is 0 Å². The largest absolute Gasteiger partial charge is 0.481 e. The standard InChI is InChI=1S/C4H8O6S2/c1-2(3(5)6)4(11(7)8)12(9)10/h2,4,11-12H,1H3,(H,5,6). The number of thiol groups is 2. The molecule has 8 heteroatoms. The number of rotatable bonds is 4. The van der Waals surface area contributed by atoms with Crippen molar-refractivity contribution in [3.8, 4) is 0 Å². The van der Waals surface area contributed by atoms with E-state index in [2.05, 4.69) is 0 Å². The van der Waals surface area contributed by atoms with Crippen molar-refractivity contribution in [1.29, 1.82) is 0 Å². The van der Waals surface area contributed by atoms with Crippen LogP contribution in [0.3, 0.4) is 0 Å². The Morgan fingerprint density at radius 3 is 1.58 bits per heavy atom. The molecule has 0 aliphatic carbocycles. The van der Waals surface area contributed by atoms with E-state index in [4.69, 9.17) is 5.11 Å². The SMILES string of the molecule is CC(C(=O)O)C([SH](=O)=O)[SH](=O)=O. The fourth-order valence-corrected chi connectivity index (χ4v) is 2.17. The van der Waals surface area contributed by atoms with Crippen molar-refractivity contribution in [3.63, 3.8) is 0 Å². The second-order valence-corrected chi connectivity index (χ2v) is 4.77. The Kier molecular flexibility index (Phi) is 4.18. The smallest absolute Gasteiger partial charge is 0.308 e. The van der Waals surface area contributed by atoms with Crippen LogP contribution in [0, 0.1) is 5.92 Å². The Bertz CT molecular complexity index is 276. The van der Waals surface area contributed by atoms with Crippen LogP contribution in [0.1, 0.15) is 6.92 Å². The minimum absolute atomic E-state index is 1.03. The zero-order valence-corrected chi connectivity index (χ0v) is 7.83. The second kappa shape index (κ2) is 4.41. The van der Waals surface area contributed by atoms with Gasteiger partial charge in [-0.15, -0.1) is 0 Å². The molecule has 0 spiro atoms. The highest BCUT2D eigenvalue weighted by atomic mass is 32.2. The van der Waals surface area contributed by atoms with Crippen LogP contribution in [0.5, 0.6) is 0 Å². The van der Waals surface area contributed by atoms with Gasteiger partial charge in [0.15, 0.2) is 26.0 Å². The molecule has 0 fully saturated rings. The summed E-state index contributed by atoms with van der Waals surface area (Å²) in [5, 5.41) is 8.32. The third kappa shape index (κ3) is 2.78. The van der Waals surface area contributed by atoms with Crippen molar-refractivity contribution in [3.05, 3.63) is 0 Å². The van der Waals surface area contributed by atoms with Gasteiger partial charge in [0.25, 0.3) is 0 Å². The molecule has 0 bridgehead atoms. The molecule has 0 radical (unpaired) electrons. The lowest BCUT2D eigenvalue weighted by Crippen LogP contribution is -2.28. The predicted molar refractivity (Wildman–Crippen MR) is 41.2 cm³/mol. The zero-order chi connectivity index (χ0) is 9.89. The molecule has 0 saturated carbocycles. The van der Waals surface area contributed by atoms with Gasteiger partial charge < -0.3 is 5.11 Å². The Morgan fingerprint density at radius 2 is 1.50 bits per heavy atom. The molecular weight excluding hydrogens is 208 g/mol. The minimum atomic E-state index is -3.25. The molecule has 12 heavy (non-hydrogen) atoms. The van der Waals surface area contributed by atoms with Crippen molar-refractivity contribution >= 4 is 27.4 Å². The molecule has 72 valence electrons. The lowest BCUT2D eigenvalue weighted by Gasteiger charge is -2.06. The van der Waals surface area contributed by atoms with Crippen molar-refractivity contribution in [1.82, 2.24) is 0 Å². The highest BCUT2D eigenvalue weighted by molar-refractivity contribution is 7.91. The van der Waals surface area contributed by atoms with E-state index in [1.807, 2.05) is 0 Å². The van der Waals surface area contributed by atoms with Crippen molar-refractivity contribution in [2.45, 2.75) is 11.5 Å². The van der Waals surface area contributed by atoms with Crippen molar-refractivity contribution in [2.24, 2.45) is 5.92 Å². The molecule has 1 N–H and O–H groups in total. The number of carboxylic acids is 1. The van der Waals surface area contributed by atoms with E-state index in [1.54, 1.807) is 0 Å². The summed E-state index contributed by atoms with van der Waals surface area (Å²) in [6.45, 7) is 1.03. The number of hydrogen-bond donors (Lipinski definition) is 3. The third-order valence-electron chi connectivity index (χ3n) is 1.27. The van der Waals surface area contributed by atoms with Gasteiger partial charge in [0.05, 0.1) is 5.92 Å². The minimum Gasteiger partial charge on any atom is -0.481 e. The fourth-order valence-electron chi connectivity index (χ4n) is 0.570. The second-order valence-electron chi connectivity index (χ2n) is 2.11. The quantitative estimate of drug-likeness (QED) is 0.481. The van der Waals surface area contributed by atoms with Gasteiger partial charge in [-0.25, -0.2) is 16.8 Å².